The van der Waals surface area contributed by atoms with Crippen molar-refractivity contribution in [3.63, 3.8) is 0 Å². The zero-order valence-electron chi connectivity index (χ0n) is 18.2. The average Bonchev–Trinajstić information content (AvgIpc) is 2.85. The van der Waals surface area contributed by atoms with E-state index in [0.717, 1.165) is 62.6 Å². The highest BCUT2D eigenvalue weighted by atomic mass is 16.5. The van der Waals surface area contributed by atoms with E-state index in [-0.39, 0.29) is 0 Å². The van der Waals surface area contributed by atoms with Crippen molar-refractivity contribution in [3.8, 4) is 22.8 Å². The van der Waals surface area contributed by atoms with Crippen molar-refractivity contribution >= 4 is 0 Å². The number of rotatable bonds is 9. The molecule has 31 heavy (non-hydrogen) atoms. The summed E-state index contributed by atoms with van der Waals surface area (Å²) in [6.45, 7) is 7.30. The van der Waals surface area contributed by atoms with Gasteiger partial charge in [-0.2, -0.15) is 0 Å². The summed E-state index contributed by atoms with van der Waals surface area (Å²) in [7, 11) is 1.61. The highest BCUT2D eigenvalue weighted by Gasteiger charge is 2.16. The van der Waals surface area contributed by atoms with Gasteiger partial charge in [0.1, 0.15) is 12.4 Å². The van der Waals surface area contributed by atoms with E-state index in [2.05, 4.69) is 63.4 Å². The molecule has 161 valence electrons. The van der Waals surface area contributed by atoms with Gasteiger partial charge in [0.2, 0.25) is 5.88 Å². The molecule has 5 heteroatoms. The van der Waals surface area contributed by atoms with Crippen molar-refractivity contribution in [1.29, 1.82) is 0 Å². The van der Waals surface area contributed by atoms with E-state index in [9.17, 15) is 0 Å². The molecule has 1 saturated heterocycles. The van der Waals surface area contributed by atoms with Crippen LogP contribution < -0.4 is 9.47 Å². The first-order chi connectivity index (χ1) is 15.3. The van der Waals surface area contributed by atoms with E-state index in [4.69, 9.17) is 9.47 Å². The van der Waals surface area contributed by atoms with Crippen LogP contribution in [-0.2, 0) is 6.42 Å². The minimum Gasteiger partial charge on any atom is -0.492 e. The van der Waals surface area contributed by atoms with Gasteiger partial charge in [-0.25, -0.2) is 4.98 Å². The summed E-state index contributed by atoms with van der Waals surface area (Å²) in [6, 6.07) is 22.7. The van der Waals surface area contributed by atoms with Crippen molar-refractivity contribution < 1.29 is 9.47 Å². The van der Waals surface area contributed by atoms with Crippen molar-refractivity contribution in [2.24, 2.45) is 0 Å². The summed E-state index contributed by atoms with van der Waals surface area (Å²) < 4.78 is 11.2. The SMILES string of the molecule is COc1cc(-c2ccc(OCCN3CCN(CCc4ccccc4)CC3)cc2)c[c]n1. The molecule has 0 N–H and O–H groups in total. The molecule has 0 bridgehead atoms. The molecule has 1 aromatic heterocycles. The second kappa shape index (κ2) is 10.9. The maximum atomic E-state index is 5.98. The van der Waals surface area contributed by atoms with Gasteiger partial charge in [-0.3, -0.25) is 4.90 Å². The van der Waals surface area contributed by atoms with Crippen molar-refractivity contribution in [2.45, 2.75) is 6.42 Å². The first-order valence-corrected chi connectivity index (χ1v) is 10.9. The molecule has 5 nitrogen and oxygen atoms in total. The number of nitrogens with zero attached hydrogens (tertiary/aromatic N) is 3. The van der Waals surface area contributed by atoms with E-state index in [1.165, 1.54) is 5.56 Å². The maximum Gasteiger partial charge on any atom is 0.214 e. The fourth-order valence-corrected chi connectivity index (χ4v) is 3.85. The highest BCUT2D eigenvalue weighted by Crippen LogP contribution is 2.24. The zero-order valence-corrected chi connectivity index (χ0v) is 18.2. The Balaban J connectivity index is 1.16. The Morgan fingerprint density at radius 2 is 1.58 bits per heavy atom. The minimum absolute atomic E-state index is 0.568. The summed E-state index contributed by atoms with van der Waals surface area (Å²) in [5, 5.41) is 0. The van der Waals surface area contributed by atoms with Crippen molar-refractivity contribution in [2.75, 3.05) is 53.0 Å². The Hall–Kier alpha value is -2.89. The van der Waals surface area contributed by atoms with Gasteiger partial charge < -0.3 is 14.4 Å². The molecule has 0 amide bonds. The van der Waals surface area contributed by atoms with Crippen LogP contribution in [0.1, 0.15) is 5.56 Å². The Morgan fingerprint density at radius 3 is 2.29 bits per heavy atom. The van der Waals surface area contributed by atoms with Gasteiger partial charge in [-0.05, 0) is 41.3 Å². The number of aromatic nitrogens is 1. The monoisotopic (exact) mass is 416 g/mol. The molecule has 1 aliphatic rings. The predicted octanol–water partition coefficient (Wildman–Crippen LogP) is 3.80. The van der Waals surface area contributed by atoms with Crippen LogP contribution in [0.4, 0.5) is 0 Å². The Morgan fingerprint density at radius 1 is 0.871 bits per heavy atom. The van der Waals surface area contributed by atoms with Gasteiger partial charge in [0.05, 0.1) is 13.3 Å². The lowest BCUT2D eigenvalue weighted by Gasteiger charge is -2.34. The fraction of sp³-hybridized carbons (Fsp3) is 0.346. The third-order valence-corrected chi connectivity index (χ3v) is 5.77. The Labute approximate surface area is 185 Å². The molecule has 0 saturated carbocycles. The van der Waals surface area contributed by atoms with E-state index in [1.807, 2.05) is 24.3 Å². The molecule has 0 atom stereocenters. The van der Waals surface area contributed by atoms with Gasteiger partial charge in [0.25, 0.3) is 0 Å². The molecule has 3 aromatic rings. The lowest BCUT2D eigenvalue weighted by molar-refractivity contribution is 0.118. The van der Waals surface area contributed by atoms with Crippen LogP contribution in [0.25, 0.3) is 11.1 Å². The van der Waals surface area contributed by atoms with E-state index < -0.39 is 0 Å². The standard InChI is InChI=1S/C26H30N3O2/c1-30-26-21-24(11-13-27-26)23-7-9-25(10-8-23)31-20-19-29-17-15-28(16-18-29)14-12-22-5-3-2-4-6-22/h2-11,21H,12,14-20H2,1H3. The first kappa shape index (κ1) is 21.3. The molecule has 1 aliphatic heterocycles. The smallest absolute Gasteiger partial charge is 0.214 e. The second-order valence-corrected chi connectivity index (χ2v) is 7.82. The molecule has 1 fully saturated rings. The molecule has 0 unspecified atom stereocenters. The quantitative estimate of drug-likeness (QED) is 0.531. The molecular formula is C26H30N3O2. The van der Waals surface area contributed by atoms with Gasteiger partial charge in [-0.1, -0.05) is 42.5 Å². The van der Waals surface area contributed by atoms with E-state index in [1.54, 1.807) is 7.11 Å². The van der Waals surface area contributed by atoms with Crippen LogP contribution >= 0.6 is 0 Å². The molecular weight excluding hydrogens is 386 g/mol. The predicted molar refractivity (Wildman–Crippen MR) is 124 cm³/mol. The summed E-state index contributed by atoms with van der Waals surface area (Å²) in [5.74, 6) is 1.47. The van der Waals surface area contributed by atoms with Gasteiger partial charge >= 0.3 is 0 Å². The summed E-state index contributed by atoms with van der Waals surface area (Å²) in [4.78, 5) is 9.09. The molecule has 0 aliphatic carbocycles. The Bertz CT molecular complexity index is 923. The minimum atomic E-state index is 0.568. The van der Waals surface area contributed by atoms with Crippen LogP contribution in [0.5, 0.6) is 11.6 Å². The summed E-state index contributed by atoms with van der Waals surface area (Å²) >= 11 is 0. The fourth-order valence-electron chi connectivity index (χ4n) is 3.85. The number of hydrogen-bond donors (Lipinski definition) is 0. The van der Waals surface area contributed by atoms with Gasteiger partial charge in [-0.15, -0.1) is 0 Å². The van der Waals surface area contributed by atoms with Crippen LogP contribution in [0, 0.1) is 6.20 Å². The molecule has 4 rings (SSSR count). The lowest BCUT2D eigenvalue weighted by atomic mass is 10.1. The molecule has 2 aromatic carbocycles. The Kier molecular flexibility index (Phi) is 7.53. The maximum absolute atomic E-state index is 5.98. The topological polar surface area (TPSA) is 37.8 Å². The van der Waals surface area contributed by atoms with Crippen LogP contribution in [0.3, 0.4) is 0 Å². The molecule has 0 spiro atoms. The van der Waals surface area contributed by atoms with Crippen molar-refractivity contribution in [3.05, 3.63) is 78.5 Å². The first-order valence-electron chi connectivity index (χ1n) is 10.9. The third kappa shape index (κ3) is 6.29. The van der Waals surface area contributed by atoms with Gasteiger partial charge in [0.15, 0.2) is 0 Å². The van der Waals surface area contributed by atoms with Crippen LogP contribution in [-0.4, -0.2) is 67.8 Å². The average molecular weight is 417 g/mol. The number of methoxy groups -OCH3 is 1. The zero-order chi connectivity index (χ0) is 21.3. The number of hydrogen-bond acceptors (Lipinski definition) is 5. The highest BCUT2D eigenvalue weighted by molar-refractivity contribution is 5.64. The third-order valence-electron chi connectivity index (χ3n) is 5.77. The second-order valence-electron chi connectivity index (χ2n) is 7.82. The number of pyridine rings is 1. The van der Waals surface area contributed by atoms with Crippen LogP contribution in [0.2, 0.25) is 0 Å². The van der Waals surface area contributed by atoms with Crippen molar-refractivity contribution in [1.82, 2.24) is 14.8 Å². The van der Waals surface area contributed by atoms with Gasteiger partial charge in [0, 0.05) is 45.3 Å². The van der Waals surface area contributed by atoms with E-state index in [0.29, 0.717) is 12.5 Å². The normalized spacial score (nSPS) is 15.0. The number of benzene rings is 2. The molecule has 1 radical (unpaired) electrons. The lowest BCUT2D eigenvalue weighted by Crippen LogP contribution is -2.47. The summed E-state index contributed by atoms with van der Waals surface area (Å²) in [5.41, 5.74) is 3.55. The molecule has 2 heterocycles. The number of ether oxygens (including phenoxy) is 2. The summed E-state index contributed by atoms with van der Waals surface area (Å²) in [6.07, 6.45) is 4.00. The largest absolute Gasteiger partial charge is 0.492 e. The van der Waals surface area contributed by atoms with Crippen LogP contribution in [0.15, 0.2) is 66.7 Å². The number of piperazine rings is 1. The van der Waals surface area contributed by atoms with E-state index >= 15 is 0 Å².